The summed E-state index contributed by atoms with van der Waals surface area (Å²) in [5, 5.41) is 5.84. The standard InChI is InChI=1S/C12H12F3N3O/c13-12(14,15)7-1-2-9-8(5-7)11(19)17-10-6-16-3-4-18(9)10/h1-2,5,10,16H,3-4,6H2,(H,17,19)/t10-/m0/s1. The molecule has 0 spiro atoms. The maximum Gasteiger partial charge on any atom is 0.416 e. The Morgan fingerprint density at radius 1 is 1.32 bits per heavy atom. The zero-order chi connectivity index (χ0) is 13.6. The van der Waals surface area contributed by atoms with Gasteiger partial charge in [0.1, 0.15) is 6.17 Å². The number of nitrogens with zero attached hydrogens (tertiary/aromatic N) is 1. The molecule has 4 nitrogen and oxygen atoms in total. The van der Waals surface area contributed by atoms with Crippen molar-refractivity contribution in [1.82, 2.24) is 10.6 Å². The van der Waals surface area contributed by atoms with Gasteiger partial charge < -0.3 is 15.5 Å². The van der Waals surface area contributed by atoms with Crippen LogP contribution in [0.5, 0.6) is 0 Å². The predicted octanol–water partition coefficient (Wildman–Crippen LogP) is 1.18. The second kappa shape index (κ2) is 4.12. The van der Waals surface area contributed by atoms with Crippen molar-refractivity contribution in [3.8, 4) is 0 Å². The van der Waals surface area contributed by atoms with Gasteiger partial charge in [-0.2, -0.15) is 13.2 Å². The molecule has 2 N–H and O–H groups in total. The van der Waals surface area contributed by atoms with Gasteiger partial charge in [-0.25, -0.2) is 0 Å². The fraction of sp³-hybridized carbons (Fsp3) is 0.417. The third kappa shape index (κ3) is 2.03. The molecule has 102 valence electrons. The normalized spacial score (nSPS) is 22.6. The average Bonchev–Trinajstić information content (AvgIpc) is 2.37. The number of piperazine rings is 1. The summed E-state index contributed by atoms with van der Waals surface area (Å²) >= 11 is 0. The van der Waals surface area contributed by atoms with Crippen molar-refractivity contribution >= 4 is 11.6 Å². The van der Waals surface area contributed by atoms with Gasteiger partial charge in [0.05, 0.1) is 16.8 Å². The highest BCUT2D eigenvalue weighted by atomic mass is 19.4. The van der Waals surface area contributed by atoms with Gasteiger partial charge in [0, 0.05) is 19.6 Å². The molecule has 2 aliphatic rings. The molecule has 19 heavy (non-hydrogen) atoms. The Hall–Kier alpha value is -1.76. The van der Waals surface area contributed by atoms with Crippen molar-refractivity contribution in [1.29, 1.82) is 0 Å². The molecule has 1 amide bonds. The average molecular weight is 271 g/mol. The molecule has 1 aromatic carbocycles. The number of alkyl halides is 3. The molecule has 1 atom stereocenters. The van der Waals surface area contributed by atoms with Crippen LogP contribution in [0.4, 0.5) is 18.9 Å². The fourth-order valence-corrected chi connectivity index (χ4v) is 2.50. The van der Waals surface area contributed by atoms with Gasteiger partial charge >= 0.3 is 6.18 Å². The summed E-state index contributed by atoms with van der Waals surface area (Å²) in [5.41, 5.74) is -0.133. The number of amides is 1. The van der Waals surface area contributed by atoms with Crippen molar-refractivity contribution in [2.75, 3.05) is 24.5 Å². The number of benzene rings is 1. The monoisotopic (exact) mass is 271 g/mol. The number of anilines is 1. The highest BCUT2D eigenvalue weighted by molar-refractivity contribution is 6.02. The van der Waals surface area contributed by atoms with Crippen LogP contribution < -0.4 is 15.5 Å². The largest absolute Gasteiger partial charge is 0.416 e. The minimum absolute atomic E-state index is 0.0907. The number of hydrogen-bond acceptors (Lipinski definition) is 3. The second-order valence-corrected chi connectivity index (χ2v) is 4.62. The summed E-state index contributed by atoms with van der Waals surface area (Å²) in [6.07, 6.45) is -4.62. The third-order valence-electron chi connectivity index (χ3n) is 3.42. The molecule has 2 aliphatic heterocycles. The van der Waals surface area contributed by atoms with Gasteiger partial charge in [0.25, 0.3) is 5.91 Å². The molecule has 0 bridgehead atoms. The van der Waals surface area contributed by atoms with Crippen LogP contribution in [0, 0.1) is 0 Å². The predicted molar refractivity (Wildman–Crippen MR) is 62.9 cm³/mol. The van der Waals surface area contributed by atoms with Crippen LogP contribution in [-0.4, -0.2) is 31.7 Å². The van der Waals surface area contributed by atoms with Crippen molar-refractivity contribution in [2.45, 2.75) is 12.3 Å². The van der Waals surface area contributed by atoms with Gasteiger partial charge in [0.2, 0.25) is 0 Å². The number of hydrogen-bond donors (Lipinski definition) is 2. The summed E-state index contributed by atoms with van der Waals surface area (Å²) in [7, 11) is 0. The Labute approximate surface area is 107 Å². The van der Waals surface area contributed by atoms with E-state index < -0.39 is 17.6 Å². The first-order valence-corrected chi connectivity index (χ1v) is 5.96. The first-order chi connectivity index (χ1) is 8.97. The van der Waals surface area contributed by atoms with Gasteiger partial charge in [-0.15, -0.1) is 0 Å². The topological polar surface area (TPSA) is 44.4 Å². The van der Waals surface area contributed by atoms with Crippen LogP contribution in [-0.2, 0) is 6.18 Å². The number of halogens is 3. The summed E-state index contributed by atoms with van der Waals surface area (Å²) in [6.45, 7) is 1.99. The lowest BCUT2D eigenvalue weighted by Gasteiger charge is -2.42. The molecule has 1 fully saturated rings. The number of fused-ring (bicyclic) bond motifs is 3. The lowest BCUT2D eigenvalue weighted by atomic mass is 10.0. The molecule has 0 unspecified atom stereocenters. The van der Waals surface area contributed by atoms with Gasteiger partial charge in [-0.3, -0.25) is 4.79 Å². The van der Waals surface area contributed by atoms with E-state index in [4.69, 9.17) is 0 Å². The van der Waals surface area contributed by atoms with Crippen molar-refractivity contribution in [3.05, 3.63) is 29.3 Å². The first kappa shape index (κ1) is 12.3. The quantitative estimate of drug-likeness (QED) is 0.745. The van der Waals surface area contributed by atoms with E-state index in [0.717, 1.165) is 18.7 Å². The zero-order valence-electron chi connectivity index (χ0n) is 9.92. The van der Waals surface area contributed by atoms with Crippen LogP contribution >= 0.6 is 0 Å². The van der Waals surface area contributed by atoms with Gasteiger partial charge in [-0.1, -0.05) is 0 Å². The van der Waals surface area contributed by atoms with E-state index in [0.29, 0.717) is 18.8 Å². The number of rotatable bonds is 0. The van der Waals surface area contributed by atoms with Crippen LogP contribution in [0.15, 0.2) is 18.2 Å². The molecule has 0 saturated carbocycles. The number of nitrogens with one attached hydrogen (secondary N) is 2. The van der Waals surface area contributed by atoms with E-state index in [1.807, 2.05) is 4.90 Å². The Morgan fingerprint density at radius 2 is 2.11 bits per heavy atom. The molecule has 0 aliphatic carbocycles. The highest BCUT2D eigenvalue weighted by Gasteiger charge is 2.36. The van der Waals surface area contributed by atoms with Crippen LogP contribution in [0.1, 0.15) is 15.9 Å². The molecule has 2 heterocycles. The zero-order valence-corrected chi connectivity index (χ0v) is 9.92. The van der Waals surface area contributed by atoms with Crippen LogP contribution in [0.3, 0.4) is 0 Å². The van der Waals surface area contributed by atoms with E-state index in [-0.39, 0.29) is 11.7 Å². The first-order valence-electron chi connectivity index (χ1n) is 5.96. The van der Waals surface area contributed by atoms with Crippen molar-refractivity contribution in [3.63, 3.8) is 0 Å². The van der Waals surface area contributed by atoms with Gasteiger partial charge in [0.15, 0.2) is 0 Å². The Kier molecular flexibility index (Phi) is 2.67. The van der Waals surface area contributed by atoms with E-state index in [2.05, 4.69) is 10.6 Å². The fourth-order valence-electron chi connectivity index (χ4n) is 2.50. The van der Waals surface area contributed by atoms with Crippen molar-refractivity contribution in [2.24, 2.45) is 0 Å². The lowest BCUT2D eigenvalue weighted by Crippen LogP contribution is -2.62. The lowest BCUT2D eigenvalue weighted by molar-refractivity contribution is -0.137. The maximum atomic E-state index is 12.7. The minimum Gasteiger partial charge on any atom is -0.348 e. The van der Waals surface area contributed by atoms with Crippen LogP contribution in [0.2, 0.25) is 0 Å². The molecule has 3 rings (SSSR count). The number of carbonyl (C=O) groups is 1. The van der Waals surface area contributed by atoms with E-state index >= 15 is 0 Å². The SMILES string of the molecule is O=C1N[C@@H]2CNCCN2c2ccc(C(F)(F)F)cc21. The molecular formula is C12H12F3N3O. The smallest absolute Gasteiger partial charge is 0.348 e. The van der Waals surface area contributed by atoms with E-state index in [1.165, 1.54) is 6.07 Å². The summed E-state index contributed by atoms with van der Waals surface area (Å²) in [5.74, 6) is -0.453. The molecule has 1 aromatic rings. The van der Waals surface area contributed by atoms with E-state index in [9.17, 15) is 18.0 Å². The summed E-state index contributed by atoms with van der Waals surface area (Å²) in [4.78, 5) is 13.8. The maximum absolute atomic E-state index is 12.7. The molecular weight excluding hydrogens is 259 g/mol. The third-order valence-corrected chi connectivity index (χ3v) is 3.42. The molecule has 0 aromatic heterocycles. The Balaban J connectivity index is 2.05. The number of carbonyl (C=O) groups excluding carboxylic acids is 1. The highest BCUT2D eigenvalue weighted by Crippen LogP contribution is 2.34. The van der Waals surface area contributed by atoms with Gasteiger partial charge in [-0.05, 0) is 18.2 Å². The summed E-state index contributed by atoms with van der Waals surface area (Å²) in [6, 6.07) is 3.33. The second-order valence-electron chi connectivity index (χ2n) is 4.62. The van der Waals surface area contributed by atoms with E-state index in [1.54, 1.807) is 0 Å². The van der Waals surface area contributed by atoms with Crippen molar-refractivity contribution < 1.29 is 18.0 Å². The Morgan fingerprint density at radius 3 is 2.84 bits per heavy atom. The Bertz CT molecular complexity index is 529. The van der Waals surface area contributed by atoms with Crippen LogP contribution in [0.25, 0.3) is 0 Å². The summed E-state index contributed by atoms with van der Waals surface area (Å²) < 4.78 is 38.0. The minimum atomic E-state index is -4.43. The molecule has 7 heteroatoms. The molecule has 1 saturated heterocycles. The molecule has 0 radical (unpaired) electrons.